The number of allylic oxidation sites excluding steroid dienone is 1. The summed E-state index contributed by atoms with van der Waals surface area (Å²) in [5.41, 5.74) is 1.81. The van der Waals surface area contributed by atoms with Crippen LogP contribution in [0.2, 0.25) is 0 Å². The van der Waals surface area contributed by atoms with Crippen LogP contribution >= 0.6 is 0 Å². The lowest BCUT2D eigenvalue weighted by Gasteiger charge is -2.14. The Kier molecular flexibility index (Phi) is 5.42. The lowest BCUT2D eigenvalue weighted by Crippen LogP contribution is -2.02. The van der Waals surface area contributed by atoms with Crippen molar-refractivity contribution in [1.29, 1.82) is 0 Å². The Bertz CT molecular complexity index is 475. The van der Waals surface area contributed by atoms with Crippen LogP contribution in [0, 0.1) is 5.92 Å². The molecule has 0 radical (unpaired) electrons. The molecule has 1 rings (SSSR count). The van der Waals surface area contributed by atoms with Crippen LogP contribution in [-0.2, 0) is 9.53 Å². The van der Waals surface area contributed by atoms with Gasteiger partial charge in [0.15, 0.2) is 11.5 Å². The highest BCUT2D eigenvalue weighted by atomic mass is 16.5. The third-order valence-corrected chi connectivity index (χ3v) is 2.81. The fraction of sp³-hybridized carbons (Fsp3) is 0.400. The second-order valence-corrected chi connectivity index (χ2v) is 4.35. The van der Waals surface area contributed by atoms with Gasteiger partial charge in [-0.3, -0.25) is 0 Å². The molecule has 0 N–H and O–H groups in total. The predicted octanol–water partition coefficient (Wildman–Crippen LogP) is 2.92. The highest BCUT2D eigenvalue weighted by Gasteiger charge is 2.12. The topological polar surface area (TPSA) is 44.8 Å². The van der Waals surface area contributed by atoms with Gasteiger partial charge in [-0.15, -0.1) is 0 Å². The molecular weight excluding hydrogens is 244 g/mol. The van der Waals surface area contributed by atoms with Gasteiger partial charge < -0.3 is 14.2 Å². The third-order valence-electron chi connectivity index (χ3n) is 2.81. The number of hydrogen-bond donors (Lipinski definition) is 0. The molecule has 1 aromatic carbocycles. The summed E-state index contributed by atoms with van der Waals surface area (Å²) in [4.78, 5) is 11.4. The molecule has 104 valence electrons. The average Bonchev–Trinajstić information content (AvgIpc) is 2.43. The van der Waals surface area contributed by atoms with Crippen molar-refractivity contribution < 1.29 is 19.0 Å². The zero-order valence-electron chi connectivity index (χ0n) is 12.0. The minimum absolute atomic E-state index is 0.192. The van der Waals surface area contributed by atoms with Crippen molar-refractivity contribution >= 4 is 11.5 Å². The number of carbonyl (C=O) groups is 1. The van der Waals surface area contributed by atoms with Crippen molar-refractivity contribution in [2.75, 3.05) is 21.3 Å². The zero-order chi connectivity index (χ0) is 14.4. The Morgan fingerprint density at radius 1 is 1.11 bits per heavy atom. The van der Waals surface area contributed by atoms with Crippen LogP contribution in [0.15, 0.2) is 24.3 Å². The molecule has 0 fully saturated rings. The molecule has 19 heavy (non-hydrogen) atoms. The minimum Gasteiger partial charge on any atom is -0.493 e. The van der Waals surface area contributed by atoms with E-state index < -0.39 is 0 Å². The van der Waals surface area contributed by atoms with E-state index in [0.29, 0.717) is 11.5 Å². The number of rotatable bonds is 5. The maximum atomic E-state index is 11.4. The minimum atomic E-state index is -0.363. The Hall–Kier alpha value is -1.97. The number of hydrogen-bond acceptors (Lipinski definition) is 4. The van der Waals surface area contributed by atoms with Crippen LogP contribution < -0.4 is 9.47 Å². The molecule has 4 nitrogen and oxygen atoms in total. The highest BCUT2D eigenvalue weighted by molar-refractivity contribution is 5.92. The van der Waals surface area contributed by atoms with E-state index in [9.17, 15) is 4.79 Å². The van der Waals surface area contributed by atoms with Gasteiger partial charge >= 0.3 is 5.97 Å². The summed E-state index contributed by atoms with van der Waals surface area (Å²) in [7, 11) is 4.54. The predicted molar refractivity (Wildman–Crippen MR) is 74.4 cm³/mol. The first kappa shape index (κ1) is 15.1. The summed E-state index contributed by atoms with van der Waals surface area (Å²) < 4.78 is 15.1. The Balaban J connectivity index is 3.24. The van der Waals surface area contributed by atoms with Gasteiger partial charge in [-0.25, -0.2) is 4.79 Å². The normalized spacial score (nSPS) is 11.4. The van der Waals surface area contributed by atoms with Crippen molar-refractivity contribution in [3.63, 3.8) is 0 Å². The Morgan fingerprint density at radius 2 is 1.74 bits per heavy atom. The first-order chi connectivity index (χ1) is 9.03. The maximum absolute atomic E-state index is 11.4. The van der Waals surface area contributed by atoms with Gasteiger partial charge in [0.1, 0.15) is 0 Å². The average molecular weight is 264 g/mol. The van der Waals surface area contributed by atoms with Gasteiger partial charge in [-0.1, -0.05) is 19.9 Å². The fourth-order valence-corrected chi connectivity index (χ4v) is 1.79. The summed E-state index contributed by atoms with van der Waals surface area (Å²) in [5.74, 6) is 1.12. The summed E-state index contributed by atoms with van der Waals surface area (Å²) in [6.45, 7) is 4.04. The smallest absolute Gasteiger partial charge is 0.330 e. The zero-order valence-corrected chi connectivity index (χ0v) is 12.0. The summed E-state index contributed by atoms with van der Waals surface area (Å²) in [5, 5.41) is 0. The van der Waals surface area contributed by atoms with E-state index >= 15 is 0 Å². The largest absolute Gasteiger partial charge is 0.493 e. The standard InChI is InChI=1S/C15H20O4/c1-10(2)12(9-15(16)19-5)11-6-7-13(17-3)14(8-11)18-4/h6-10H,1-5H3/b12-9+. The van der Waals surface area contributed by atoms with Gasteiger partial charge in [-0.2, -0.15) is 0 Å². The quantitative estimate of drug-likeness (QED) is 0.606. The van der Waals surface area contributed by atoms with Gasteiger partial charge in [0, 0.05) is 6.08 Å². The molecule has 0 atom stereocenters. The van der Waals surface area contributed by atoms with Gasteiger partial charge in [0.05, 0.1) is 21.3 Å². The number of ether oxygens (including phenoxy) is 3. The van der Waals surface area contributed by atoms with E-state index in [0.717, 1.165) is 11.1 Å². The molecule has 4 heteroatoms. The molecule has 0 saturated heterocycles. The molecule has 0 saturated carbocycles. The molecule has 1 aromatic rings. The fourth-order valence-electron chi connectivity index (χ4n) is 1.79. The summed E-state index contributed by atoms with van der Waals surface area (Å²) in [6, 6.07) is 5.57. The SMILES string of the molecule is COC(=O)/C=C(/c1ccc(OC)c(OC)c1)C(C)C. The maximum Gasteiger partial charge on any atom is 0.330 e. The highest BCUT2D eigenvalue weighted by Crippen LogP contribution is 2.32. The molecule has 0 spiro atoms. The lowest BCUT2D eigenvalue weighted by atomic mass is 9.94. The van der Waals surface area contributed by atoms with Crippen molar-refractivity contribution in [2.45, 2.75) is 13.8 Å². The summed E-state index contributed by atoms with van der Waals surface area (Å²) >= 11 is 0. The number of carbonyl (C=O) groups excluding carboxylic acids is 1. The van der Waals surface area contributed by atoms with Crippen LogP contribution in [0.3, 0.4) is 0 Å². The van der Waals surface area contributed by atoms with E-state index in [-0.39, 0.29) is 11.9 Å². The Morgan fingerprint density at radius 3 is 2.21 bits per heavy atom. The van der Waals surface area contributed by atoms with Crippen molar-refractivity contribution in [3.8, 4) is 11.5 Å². The first-order valence-corrected chi connectivity index (χ1v) is 6.05. The van der Waals surface area contributed by atoms with E-state index in [1.807, 2.05) is 32.0 Å². The van der Waals surface area contributed by atoms with Crippen LogP contribution in [0.25, 0.3) is 5.57 Å². The van der Waals surface area contributed by atoms with E-state index in [1.54, 1.807) is 14.2 Å². The molecule has 0 aliphatic carbocycles. The Labute approximate surface area is 114 Å². The molecular formula is C15H20O4. The van der Waals surface area contributed by atoms with Crippen molar-refractivity contribution in [2.24, 2.45) is 5.92 Å². The second-order valence-electron chi connectivity index (χ2n) is 4.35. The van der Waals surface area contributed by atoms with Gasteiger partial charge in [0.25, 0.3) is 0 Å². The van der Waals surface area contributed by atoms with Crippen molar-refractivity contribution in [1.82, 2.24) is 0 Å². The van der Waals surface area contributed by atoms with Gasteiger partial charge in [-0.05, 0) is 29.2 Å². The van der Waals surface area contributed by atoms with E-state index in [1.165, 1.54) is 13.2 Å². The van der Waals surface area contributed by atoms with E-state index in [2.05, 4.69) is 4.74 Å². The molecule has 0 unspecified atom stereocenters. The first-order valence-electron chi connectivity index (χ1n) is 6.05. The van der Waals surface area contributed by atoms with Gasteiger partial charge in [0.2, 0.25) is 0 Å². The van der Waals surface area contributed by atoms with Crippen molar-refractivity contribution in [3.05, 3.63) is 29.8 Å². The van der Waals surface area contributed by atoms with Crippen LogP contribution in [-0.4, -0.2) is 27.3 Å². The van der Waals surface area contributed by atoms with Crippen LogP contribution in [0.1, 0.15) is 19.4 Å². The lowest BCUT2D eigenvalue weighted by molar-refractivity contribution is -0.134. The number of methoxy groups -OCH3 is 3. The van der Waals surface area contributed by atoms with E-state index in [4.69, 9.17) is 9.47 Å². The van der Waals surface area contributed by atoms with Crippen LogP contribution in [0.4, 0.5) is 0 Å². The number of esters is 1. The molecule has 0 heterocycles. The molecule has 0 aromatic heterocycles. The molecule has 0 amide bonds. The second kappa shape index (κ2) is 6.83. The number of benzene rings is 1. The molecule has 0 aliphatic heterocycles. The third kappa shape index (κ3) is 3.74. The van der Waals surface area contributed by atoms with Crippen LogP contribution in [0.5, 0.6) is 11.5 Å². The monoisotopic (exact) mass is 264 g/mol. The molecule has 0 bridgehead atoms. The summed E-state index contributed by atoms with van der Waals surface area (Å²) in [6.07, 6.45) is 1.51. The molecule has 0 aliphatic rings.